The van der Waals surface area contributed by atoms with Gasteiger partial charge in [0.1, 0.15) is 11.4 Å². The molecule has 1 amide bonds. The Balaban J connectivity index is 0.00000196. The Kier molecular flexibility index (Phi) is 5.17. The van der Waals surface area contributed by atoms with Gasteiger partial charge in [-0.15, -0.1) is 4.91 Å². The maximum atomic E-state index is 12.4. The number of H-pyrrole nitrogens is 1. The number of fused-ring (bicyclic) bond motifs is 1. The second-order valence-corrected chi connectivity index (χ2v) is 6.52. The third-order valence-electron chi connectivity index (χ3n) is 4.05. The fraction of sp³-hybridized carbons (Fsp3) is 0.111. The van der Waals surface area contributed by atoms with Gasteiger partial charge >= 0.3 is 11.0 Å². The van der Waals surface area contributed by atoms with Crippen molar-refractivity contribution in [2.75, 3.05) is 5.32 Å². The molecule has 1 aliphatic rings. The number of benzene rings is 2. The van der Waals surface area contributed by atoms with Gasteiger partial charge in [-0.3, -0.25) is 0 Å². The first kappa shape index (κ1) is 17.9. The molecular weight excluding hydrogens is 354 g/mol. The van der Waals surface area contributed by atoms with Crippen LogP contribution >= 0.6 is 11.3 Å². The zero-order valence-electron chi connectivity index (χ0n) is 13.6. The zero-order valence-corrected chi connectivity index (χ0v) is 14.4. The van der Waals surface area contributed by atoms with Gasteiger partial charge in [-0.2, -0.15) is 5.32 Å². The lowest BCUT2D eigenvalue weighted by Gasteiger charge is -2.00. The summed E-state index contributed by atoms with van der Waals surface area (Å²) in [6.07, 6.45) is 0. The summed E-state index contributed by atoms with van der Waals surface area (Å²) >= 11 is 1.39. The van der Waals surface area contributed by atoms with E-state index in [2.05, 4.69) is 27.6 Å². The number of thiazole rings is 1. The van der Waals surface area contributed by atoms with E-state index < -0.39 is 0 Å². The minimum absolute atomic E-state index is 0. The number of carbonyl (C=O) groups is 1. The molecule has 0 atom stereocenters. The lowest BCUT2D eigenvalue weighted by atomic mass is 10.1. The van der Waals surface area contributed by atoms with Gasteiger partial charge in [0, 0.05) is 10.9 Å². The lowest BCUT2D eigenvalue weighted by molar-refractivity contribution is -0.340. The lowest BCUT2D eigenvalue weighted by Crippen LogP contribution is -2.17. The summed E-state index contributed by atoms with van der Waals surface area (Å²) in [5.41, 5.74) is 4.72. The monoisotopic (exact) mass is 369 g/mol. The second kappa shape index (κ2) is 7.52. The summed E-state index contributed by atoms with van der Waals surface area (Å²) in [7, 11) is 0. The average Bonchev–Trinajstić information content (AvgIpc) is 3.30. The number of nitrogens with one attached hydrogen (secondary N) is 2. The Hall–Kier alpha value is -2.94. The van der Waals surface area contributed by atoms with Crippen molar-refractivity contribution in [2.45, 2.75) is 13.2 Å². The van der Waals surface area contributed by atoms with E-state index in [1.807, 2.05) is 11.4 Å². The van der Waals surface area contributed by atoms with Crippen molar-refractivity contribution in [1.29, 1.82) is 0 Å². The van der Waals surface area contributed by atoms with Crippen LogP contribution in [-0.2, 0) is 18.0 Å². The van der Waals surface area contributed by atoms with E-state index in [0.717, 1.165) is 11.3 Å². The van der Waals surface area contributed by atoms with Crippen LogP contribution in [0.4, 0.5) is 10.8 Å². The number of nitroso groups, excluding NO2 is 1. The number of aromatic amines is 1. The predicted octanol–water partition coefficient (Wildman–Crippen LogP) is 3.73. The van der Waals surface area contributed by atoms with Gasteiger partial charge < -0.3 is 10.2 Å². The highest BCUT2D eigenvalue weighted by molar-refractivity contribution is 7.13. The van der Waals surface area contributed by atoms with Gasteiger partial charge in [0.25, 0.3) is 0 Å². The topological polar surface area (TPSA) is 112 Å². The van der Waals surface area contributed by atoms with Gasteiger partial charge in [-0.25, -0.2) is 9.78 Å². The summed E-state index contributed by atoms with van der Waals surface area (Å²) in [5.74, 6) is -0.373. The first-order valence-electron chi connectivity index (χ1n) is 7.69. The number of nitrogens with zero attached hydrogens (tertiary/aromatic N) is 1. The maximum Gasteiger partial charge on any atom is 0.342 e. The third-order valence-corrected chi connectivity index (χ3v) is 4.84. The Bertz CT molecular complexity index is 971. The van der Waals surface area contributed by atoms with Crippen molar-refractivity contribution in [2.24, 2.45) is 5.18 Å². The van der Waals surface area contributed by atoms with E-state index in [4.69, 9.17) is 4.74 Å². The zero-order chi connectivity index (χ0) is 17.2. The average molecular weight is 369 g/mol. The first-order chi connectivity index (χ1) is 12.2. The fourth-order valence-electron chi connectivity index (χ4n) is 2.76. The number of aromatic nitrogens is 1. The quantitative estimate of drug-likeness (QED) is 0.706. The van der Waals surface area contributed by atoms with Crippen molar-refractivity contribution in [1.82, 2.24) is 0 Å². The van der Waals surface area contributed by atoms with E-state index in [1.165, 1.54) is 28.5 Å². The van der Waals surface area contributed by atoms with Crippen LogP contribution < -0.4 is 10.3 Å². The molecule has 3 N–H and O–H groups in total. The molecule has 26 heavy (non-hydrogen) atoms. The molecule has 0 unspecified atom stereocenters. The fourth-order valence-corrected chi connectivity index (χ4v) is 3.51. The summed E-state index contributed by atoms with van der Waals surface area (Å²) < 4.78 is 5.44. The number of hydrogen-bond donors (Lipinski definition) is 1. The van der Waals surface area contributed by atoms with E-state index in [-0.39, 0.29) is 22.6 Å². The number of anilines is 1. The maximum absolute atomic E-state index is 12.4. The van der Waals surface area contributed by atoms with Crippen LogP contribution in [0.2, 0.25) is 0 Å². The number of ether oxygens (including phenoxy) is 1. The van der Waals surface area contributed by atoms with E-state index in [0.29, 0.717) is 18.3 Å². The van der Waals surface area contributed by atoms with Gasteiger partial charge in [0.05, 0.1) is 18.8 Å². The van der Waals surface area contributed by atoms with Crippen LogP contribution in [0, 0.1) is 4.91 Å². The SMILES string of the molecule is O=Nc1ccccc1C(=O)Nc1[nH+]c(-c2ccc3c(c2)COC3)cs1.[OH-]. The van der Waals surface area contributed by atoms with Crippen LogP contribution in [0.1, 0.15) is 21.5 Å². The molecule has 1 aliphatic heterocycles. The Labute approximate surface area is 152 Å². The standard InChI is InChI=1S/C18H13N3O3S.H2O/c22-17(14-3-1-2-4-15(14)21-23)20-18-19-16(10-25-18)11-5-6-12-8-24-9-13(12)7-11;/h1-7,10H,8-9H2,(H,19,20,22);1H2. The minimum atomic E-state index is -0.373. The Morgan fingerprint density at radius 1 is 1.15 bits per heavy atom. The summed E-state index contributed by atoms with van der Waals surface area (Å²) in [6.45, 7) is 1.29. The second-order valence-electron chi connectivity index (χ2n) is 5.64. The third kappa shape index (κ3) is 3.38. The molecule has 1 aromatic heterocycles. The molecule has 2 aromatic carbocycles. The molecule has 0 aliphatic carbocycles. The van der Waals surface area contributed by atoms with Crippen LogP contribution in [-0.4, -0.2) is 11.4 Å². The summed E-state index contributed by atoms with van der Waals surface area (Å²) in [6, 6.07) is 12.6. The van der Waals surface area contributed by atoms with Gasteiger partial charge in [0.15, 0.2) is 0 Å². The van der Waals surface area contributed by atoms with Gasteiger partial charge in [-0.05, 0) is 34.5 Å². The number of rotatable bonds is 4. The molecule has 0 saturated carbocycles. The van der Waals surface area contributed by atoms with Crippen molar-refractivity contribution in [3.05, 3.63) is 69.4 Å². The highest BCUT2D eigenvalue weighted by atomic mass is 32.1. The normalized spacial score (nSPS) is 12.2. The molecule has 0 saturated heterocycles. The summed E-state index contributed by atoms with van der Waals surface area (Å²) in [5, 5.41) is 8.20. The van der Waals surface area contributed by atoms with Crippen molar-refractivity contribution >= 4 is 28.1 Å². The molecular formula is C18H15N3O4S. The Morgan fingerprint density at radius 3 is 2.81 bits per heavy atom. The highest BCUT2D eigenvalue weighted by Gasteiger charge is 2.20. The molecule has 0 fully saturated rings. The first-order valence-corrected chi connectivity index (χ1v) is 8.57. The number of amides is 1. The molecule has 8 heteroatoms. The predicted molar refractivity (Wildman–Crippen MR) is 96.6 cm³/mol. The molecule has 7 nitrogen and oxygen atoms in total. The molecule has 2 heterocycles. The van der Waals surface area contributed by atoms with Crippen LogP contribution in [0.25, 0.3) is 11.3 Å². The molecule has 3 aromatic rings. The van der Waals surface area contributed by atoms with E-state index in [1.54, 1.807) is 18.2 Å². The van der Waals surface area contributed by atoms with Crippen LogP contribution in [0.5, 0.6) is 0 Å². The van der Waals surface area contributed by atoms with Crippen LogP contribution in [0.15, 0.2) is 53.0 Å². The van der Waals surface area contributed by atoms with Crippen molar-refractivity contribution in [3.63, 3.8) is 0 Å². The molecule has 0 radical (unpaired) electrons. The number of hydrogen-bond acceptors (Lipinski definition) is 6. The van der Waals surface area contributed by atoms with Gasteiger partial charge in [-0.1, -0.05) is 35.6 Å². The van der Waals surface area contributed by atoms with E-state index >= 15 is 0 Å². The summed E-state index contributed by atoms with van der Waals surface area (Å²) in [4.78, 5) is 26.4. The molecule has 0 bridgehead atoms. The molecule has 4 rings (SSSR count). The van der Waals surface area contributed by atoms with E-state index in [9.17, 15) is 9.70 Å². The molecule has 0 spiro atoms. The minimum Gasteiger partial charge on any atom is -0.870 e. The highest BCUT2D eigenvalue weighted by Crippen LogP contribution is 2.27. The van der Waals surface area contributed by atoms with Crippen molar-refractivity contribution in [3.8, 4) is 11.3 Å². The number of carbonyl (C=O) groups excluding carboxylic acids is 1. The molecule has 132 valence electrons. The van der Waals surface area contributed by atoms with Crippen molar-refractivity contribution < 1.29 is 20.0 Å². The largest absolute Gasteiger partial charge is 0.870 e. The van der Waals surface area contributed by atoms with Crippen LogP contribution in [0.3, 0.4) is 0 Å². The Morgan fingerprint density at radius 2 is 1.96 bits per heavy atom. The smallest absolute Gasteiger partial charge is 0.342 e. The van der Waals surface area contributed by atoms with Gasteiger partial charge in [0.2, 0.25) is 0 Å².